The first-order valence-electron chi connectivity index (χ1n) is 12.4. The number of likely N-dealkylation sites (tertiary alicyclic amines) is 1. The van der Waals surface area contributed by atoms with Gasteiger partial charge in [-0.15, -0.1) is 0 Å². The predicted molar refractivity (Wildman–Crippen MR) is 144 cm³/mol. The largest absolute Gasteiger partial charge is 0.489 e. The first kappa shape index (κ1) is 26.5. The van der Waals surface area contributed by atoms with Gasteiger partial charge in [-0.1, -0.05) is 29.8 Å². The quantitative estimate of drug-likeness (QED) is 0.275. The minimum atomic E-state index is -0.679. The highest BCUT2D eigenvalue weighted by Gasteiger charge is 2.25. The molecule has 200 valence electrons. The van der Waals surface area contributed by atoms with Crippen molar-refractivity contribution in [2.45, 2.75) is 25.4 Å². The number of amides is 1. The Labute approximate surface area is 229 Å². The Morgan fingerprint density at radius 2 is 2.03 bits per heavy atom. The summed E-state index contributed by atoms with van der Waals surface area (Å²) in [5.41, 5.74) is 0.724. The first-order valence-corrected chi connectivity index (χ1v) is 13.2. The van der Waals surface area contributed by atoms with Crippen molar-refractivity contribution in [2.75, 3.05) is 38.2 Å². The Morgan fingerprint density at radius 3 is 2.76 bits per heavy atom. The molecule has 1 N–H and O–H groups in total. The van der Waals surface area contributed by atoms with Crippen LogP contribution < -0.4 is 14.8 Å². The third kappa shape index (κ3) is 5.80. The third-order valence-electron chi connectivity index (χ3n) is 6.71. The summed E-state index contributed by atoms with van der Waals surface area (Å²) in [5.74, 6) is 0.990. The highest BCUT2D eigenvalue weighted by Crippen LogP contribution is 2.38. The molecular formula is C27H27Cl2FN4O4. The van der Waals surface area contributed by atoms with Crippen LogP contribution in [0.15, 0.2) is 43.2 Å². The van der Waals surface area contributed by atoms with Gasteiger partial charge in [-0.2, -0.15) is 0 Å². The summed E-state index contributed by atoms with van der Waals surface area (Å²) in [4.78, 5) is 22.5. The molecule has 0 bridgehead atoms. The molecule has 2 saturated heterocycles. The fourth-order valence-electron chi connectivity index (χ4n) is 4.54. The van der Waals surface area contributed by atoms with Gasteiger partial charge < -0.3 is 24.4 Å². The zero-order valence-electron chi connectivity index (χ0n) is 20.6. The van der Waals surface area contributed by atoms with Gasteiger partial charge in [-0.05, 0) is 30.7 Å². The van der Waals surface area contributed by atoms with Crippen molar-refractivity contribution in [2.24, 2.45) is 5.92 Å². The lowest BCUT2D eigenvalue weighted by atomic mass is 10.1. The van der Waals surface area contributed by atoms with E-state index in [4.69, 9.17) is 37.4 Å². The van der Waals surface area contributed by atoms with Gasteiger partial charge in [-0.3, -0.25) is 4.79 Å². The lowest BCUT2D eigenvalue weighted by molar-refractivity contribution is -0.127. The van der Waals surface area contributed by atoms with Crippen LogP contribution in [0.3, 0.4) is 0 Å². The predicted octanol–water partition coefficient (Wildman–Crippen LogP) is 5.79. The minimum Gasteiger partial charge on any atom is -0.489 e. The molecule has 2 aliphatic heterocycles. The van der Waals surface area contributed by atoms with E-state index in [2.05, 4.69) is 21.9 Å². The Hall–Kier alpha value is -3.14. The zero-order chi connectivity index (χ0) is 26.6. The Balaban J connectivity index is 1.44. The van der Waals surface area contributed by atoms with Gasteiger partial charge in [0, 0.05) is 49.9 Å². The average Bonchev–Trinajstić information content (AvgIpc) is 3.46. The van der Waals surface area contributed by atoms with E-state index in [9.17, 15) is 9.18 Å². The number of nitrogens with one attached hydrogen (secondary N) is 1. The maximum absolute atomic E-state index is 14.8. The summed E-state index contributed by atoms with van der Waals surface area (Å²) >= 11 is 11.9. The van der Waals surface area contributed by atoms with Gasteiger partial charge >= 0.3 is 0 Å². The van der Waals surface area contributed by atoms with Crippen molar-refractivity contribution in [1.29, 1.82) is 0 Å². The zero-order valence-corrected chi connectivity index (χ0v) is 22.1. The molecule has 0 saturated carbocycles. The number of ether oxygens (including phenoxy) is 3. The van der Waals surface area contributed by atoms with E-state index >= 15 is 0 Å². The summed E-state index contributed by atoms with van der Waals surface area (Å²) in [6.07, 6.45) is 4.87. The van der Waals surface area contributed by atoms with Crippen LogP contribution in [0.5, 0.6) is 11.5 Å². The average molecular weight is 561 g/mol. The fraction of sp³-hybridized carbons (Fsp3) is 0.370. The summed E-state index contributed by atoms with van der Waals surface area (Å²) in [7, 11) is 0. The minimum absolute atomic E-state index is 0.0839. The number of carbonyl (C=O) groups excluding carboxylic acids is 1. The highest BCUT2D eigenvalue weighted by atomic mass is 35.5. The molecule has 0 spiro atoms. The SMILES string of the molecule is C=CC(=O)N1CCC(Oc2cc3c(Nc4ccc(Cl)c(Cl)c4F)ncnc3cc2OCC2CCOC2)CC1. The number of rotatable bonds is 8. The number of halogens is 3. The Morgan fingerprint density at radius 1 is 1.21 bits per heavy atom. The van der Waals surface area contributed by atoms with Gasteiger partial charge in [0.25, 0.3) is 0 Å². The number of hydrogen-bond acceptors (Lipinski definition) is 7. The maximum Gasteiger partial charge on any atom is 0.245 e. The van der Waals surface area contributed by atoms with Crippen LogP contribution in [0.4, 0.5) is 15.9 Å². The molecule has 2 aromatic carbocycles. The van der Waals surface area contributed by atoms with Crippen LogP contribution in [-0.4, -0.2) is 59.8 Å². The third-order valence-corrected chi connectivity index (χ3v) is 7.49. The van der Waals surface area contributed by atoms with Gasteiger partial charge in [0.15, 0.2) is 17.3 Å². The lowest BCUT2D eigenvalue weighted by Gasteiger charge is -2.32. The van der Waals surface area contributed by atoms with E-state index in [1.807, 2.05) is 0 Å². The molecule has 1 amide bonds. The van der Waals surface area contributed by atoms with E-state index in [0.717, 1.165) is 13.0 Å². The molecule has 0 radical (unpaired) electrons. The summed E-state index contributed by atoms with van der Waals surface area (Å²) in [6, 6.07) is 6.60. The molecule has 1 aromatic heterocycles. The molecule has 2 aliphatic rings. The van der Waals surface area contributed by atoms with Gasteiger partial charge in [-0.25, -0.2) is 14.4 Å². The van der Waals surface area contributed by atoms with E-state index in [-0.39, 0.29) is 27.7 Å². The lowest BCUT2D eigenvalue weighted by Crippen LogP contribution is -2.41. The normalized spacial score (nSPS) is 18.0. The first-order chi connectivity index (χ1) is 18.4. The van der Waals surface area contributed by atoms with Crippen LogP contribution >= 0.6 is 23.2 Å². The number of aromatic nitrogens is 2. The van der Waals surface area contributed by atoms with Crippen LogP contribution in [0.1, 0.15) is 19.3 Å². The Bertz CT molecular complexity index is 1340. The molecule has 3 heterocycles. The van der Waals surface area contributed by atoms with Crippen LogP contribution in [0, 0.1) is 11.7 Å². The number of piperidine rings is 1. The monoisotopic (exact) mass is 560 g/mol. The van der Waals surface area contributed by atoms with Crippen molar-refractivity contribution in [1.82, 2.24) is 14.9 Å². The second-order valence-electron chi connectivity index (χ2n) is 9.27. The van der Waals surface area contributed by atoms with Crippen molar-refractivity contribution < 1.29 is 23.4 Å². The van der Waals surface area contributed by atoms with E-state index in [1.165, 1.54) is 24.5 Å². The van der Waals surface area contributed by atoms with E-state index in [0.29, 0.717) is 73.3 Å². The van der Waals surface area contributed by atoms with E-state index < -0.39 is 5.82 Å². The van der Waals surface area contributed by atoms with Gasteiger partial charge in [0.05, 0.1) is 34.5 Å². The number of fused-ring (bicyclic) bond motifs is 1. The van der Waals surface area contributed by atoms with Crippen LogP contribution in [0.2, 0.25) is 10.0 Å². The number of nitrogens with zero attached hydrogens (tertiary/aromatic N) is 3. The highest BCUT2D eigenvalue weighted by molar-refractivity contribution is 6.42. The molecule has 2 fully saturated rings. The molecule has 5 rings (SSSR count). The topological polar surface area (TPSA) is 85.8 Å². The second-order valence-corrected chi connectivity index (χ2v) is 10.1. The van der Waals surface area contributed by atoms with E-state index in [1.54, 1.807) is 17.0 Å². The molecule has 8 nitrogen and oxygen atoms in total. The smallest absolute Gasteiger partial charge is 0.245 e. The van der Waals surface area contributed by atoms with Crippen molar-refractivity contribution in [3.05, 3.63) is 59.1 Å². The van der Waals surface area contributed by atoms with Crippen LogP contribution in [-0.2, 0) is 9.53 Å². The summed E-state index contributed by atoms with van der Waals surface area (Å²) in [6.45, 7) is 6.58. The Kier molecular flexibility index (Phi) is 8.16. The number of hydrogen-bond donors (Lipinski definition) is 1. The van der Waals surface area contributed by atoms with Crippen molar-refractivity contribution >= 4 is 51.5 Å². The second kappa shape index (κ2) is 11.7. The number of carbonyl (C=O) groups is 1. The van der Waals surface area contributed by atoms with Crippen LogP contribution in [0.25, 0.3) is 10.9 Å². The number of anilines is 2. The summed E-state index contributed by atoms with van der Waals surface area (Å²) < 4.78 is 32.8. The fourth-order valence-corrected chi connectivity index (χ4v) is 4.85. The molecular weight excluding hydrogens is 534 g/mol. The van der Waals surface area contributed by atoms with Gasteiger partial charge in [0.2, 0.25) is 5.91 Å². The standard InChI is InChI=1S/C27H27Cl2FN4O4/c1-2-24(35)34-8-5-17(6-9-34)38-23-11-18-21(12-22(23)37-14-16-7-10-36-13-16)31-15-32-27(18)33-20-4-3-19(28)25(29)26(20)30/h2-4,11-12,15-17H,1,5-10,13-14H2,(H,31,32,33). The molecule has 11 heteroatoms. The molecule has 3 aromatic rings. The van der Waals surface area contributed by atoms with Crippen molar-refractivity contribution in [3.63, 3.8) is 0 Å². The summed E-state index contributed by atoms with van der Waals surface area (Å²) in [5, 5.41) is 3.56. The van der Waals surface area contributed by atoms with Gasteiger partial charge in [0.1, 0.15) is 18.2 Å². The number of benzene rings is 2. The van der Waals surface area contributed by atoms with Crippen molar-refractivity contribution in [3.8, 4) is 11.5 Å². The molecule has 1 atom stereocenters. The molecule has 0 aliphatic carbocycles. The molecule has 1 unspecified atom stereocenters. The molecule has 38 heavy (non-hydrogen) atoms. The maximum atomic E-state index is 14.8.